The van der Waals surface area contributed by atoms with Crippen LogP contribution in [0.3, 0.4) is 0 Å². The lowest BCUT2D eigenvalue weighted by Gasteiger charge is -2.44. The van der Waals surface area contributed by atoms with E-state index in [-0.39, 0.29) is 11.8 Å². The third-order valence-electron chi connectivity index (χ3n) is 4.99. The molecule has 0 bridgehead atoms. The number of rotatable bonds is 3. The summed E-state index contributed by atoms with van der Waals surface area (Å²) in [6, 6.07) is 8.26. The number of nitrogens with zero attached hydrogens (tertiary/aromatic N) is 2. The molecule has 0 aliphatic carbocycles. The smallest absolute Gasteiger partial charge is 0.179 e. The first-order valence-electron chi connectivity index (χ1n) is 7.86. The molecule has 0 radical (unpaired) electrons. The molecule has 21 heavy (non-hydrogen) atoms. The van der Waals surface area contributed by atoms with Crippen molar-refractivity contribution in [3.63, 3.8) is 0 Å². The van der Waals surface area contributed by atoms with Gasteiger partial charge in [-0.1, -0.05) is 11.6 Å². The van der Waals surface area contributed by atoms with Crippen molar-refractivity contribution < 1.29 is 4.79 Å². The van der Waals surface area contributed by atoms with Crippen molar-refractivity contribution in [3.05, 3.63) is 34.9 Å². The molecule has 4 heteroatoms. The Labute approximate surface area is 131 Å². The lowest BCUT2D eigenvalue weighted by Crippen LogP contribution is -2.58. The van der Waals surface area contributed by atoms with Crippen LogP contribution in [0.2, 0.25) is 5.02 Å². The topological polar surface area (TPSA) is 23.6 Å². The molecule has 0 aromatic heterocycles. The first-order valence-corrected chi connectivity index (χ1v) is 8.23. The van der Waals surface area contributed by atoms with Gasteiger partial charge in [0, 0.05) is 35.8 Å². The normalized spacial score (nSPS) is 28.3. The van der Waals surface area contributed by atoms with E-state index >= 15 is 0 Å². The van der Waals surface area contributed by atoms with Crippen molar-refractivity contribution in [1.29, 1.82) is 0 Å². The second-order valence-electron chi connectivity index (χ2n) is 6.38. The van der Waals surface area contributed by atoms with Gasteiger partial charge >= 0.3 is 0 Å². The third-order valence-corrected chi connectivity index (χ3v) is 5.24. The van der Waals surface area contributed by atoms with Crippen molar-refractivity contribution in [2.45, 2.75) is 44.8 Å². The monoisotopic (exact) mass is 306 g/mol. The summed E-state index contributed by atoms with van der Waals surface area (Å²) in [6.45, 7) is 7.60. The summed E-state index contributed by atoms with van der Waals surface area (Å²) >= 11 is 5.90. The second-order valence-corrected chi connectivity index (χ2v) is 6.82. The maximum absolute atomic E-state index is 12.7. The minimum absolute atomic E-state index is 0.0658. The van der Waals surface area contributed by atoms with Gasteiger partial charge in [-0.15, -0.1) is 0 Å². The van der Waals surface area contributed by atoms with E-state index in [4.69, 9.17) is 11.6 Å². The molecule has 0 saturated carbocycles. The number of ketones is 1. The van der Waals surface area contributed by atoms with Gasteiger partial charge in [0.25, 0.3) is 0 Å². The van der Waals surface area contributed by atoms with E-state index in [1.54, 1.807) is 12.1 Å². The van der Waals surface area contributed by atoms with Crippen LogP contribution < -0.4 is 0 Å². The molecule has 2 heterocycles. The van der Waals surface area contributed by atoms with Gasteiger partial charge in [0.2, 0.25) is 0 Å². The van der Waals surface area contributed by atoms with Gasteiger partial charge in [-0.3, -0.25) is 14.6 Å². The van der Waals surface area contributed by atoms with Crippen LogP contribution in [-0.4, -0.2) is 53.3 Å². The van der Waals surface area contributed by atoms with Crippen LogP contribution in [0.25, 0.3) is 0 Å². The Hall–Kier alpha value is -0.900. The lowest BCUT2D eigenvalue weighted by molar-refractivity contribution is 0.0311. The zero-order valence-corrected chi connectivity index (χ0v) is 13.5. The Morgan fingerprint density at radius 3 is 2.71 bits per heavy atom. The number of carbonyl (C=O) groups excluding carboxylic acids is 1. The Morgan fingerprint density at radius 1 is 1.29 bits per heavy atom. The predicted octanol–water partition coefficient (Wildman–Crippen LogP) is 3.08. The Morgan fingerprint density at radius 2 is 2.00 bits per heavy atom. The van der Waals surface area contributed by atoms with Crippen molar-refractivity contribution >= 4 is 17.4 Å². The van der Waals surface area contributed by atoms with Gasteiger partial charge in [0.05, 0.1) is 6.04 Å². The van der Waals surface area contributed by atoms with Crippen LogP contribution in [0.15, 0.2) is 24.3 Å². The van der Waals surface area contributed by atoms with Gasteiger partial charge in [0.15, 0.2) is 5.78 Å². The summed E-state index contributed by atoms with van der Waals surface area (Å²) in [5, 5.41) is 0.673. The average Bonchev–Trinajstić information content (AvgIpc) is 2.93. The molecule has 0 N–H and O–H groups in total. The van der Waals surface area contributed by atoms with Crippen molar-refractivity contribution in [3.8, 4) is 0 Å². The Bertz CT molecular complexity index is 516. The second kappa shape index (κ2) is 6.07. The van der Waals surface area contributed by atoms with Gasteiger partial charge in [-0.2, -0.15) is 0 Å². The highest BCUT2D eigenvalue weighted by Crippen LogP contribution is 2.26. The number of piperazine rings is 1. The summed E-state index contributed by atoms with van der Waals surface area (Å²) in [7, 11) is 0. The number of Topliss-reactive ketones (excluding diaryl/α,β-unsaturated/α-hetero) is 1. The van der Waals surface area contributed by atoms with E-state index in [0.717, 1.165) is 18.7 Å². The minimum Gasteiger partial charge on any atom is -0.298 e. The van der Waals surface area contributed by atoms with E-state index in [1.165, 1.54) is 19.4 Å². The number of hydrogen-bond donors (Lipinski definition) is 0. The Kier molecular flexibility index (Phi) is 4.34. The van der Waals surface area contributed by atoms with Crippen LogP contribution in [0, 0.1) is 0 Å². The van der Waals surface area contributed by atoms with Gasteiger partial charge < -0.3 is 0 Å². The van der Waals surface area contributed by atoms with Crippen molar-refractivity contribution in [2.24, 2.45) is 0 Å². The standard InChI is InChI=1S/C17H23ClN2O/c1-12-10-19-9-3-4-16(19)11-20(12)13(2)17(21)14-5-7-15(18)8-6-14/h5-8,12-13,16H,3-4,9-11H2,1-2H3. The zero-order valence-electron chi connectivity index (χ0n) is 12.8. The molecule has 3 atom stereocenters. The van der Waals surface area contributed by atoms with Crippen LogP contribution in [-0.2, 0) is 0 Å². The lowest BCUT2D eigenvalue weighted by atomic mass is 9.99. The van der Waals surface area contributed by atoms with Gasteiger partial charge in [0.1, 0.15) is 0 Å². The first-order chi connectivity index (χ1) is 10.1. The van der Waals surface area contributed by atoms with E-state index in [0.29, 0.717) is 17.1 Å². The molecule has 2 aliphatic rings. The molecule has 2 aliphatic heterocycles. The molecular weight excluding hydrogens is 284 g/mol. The van der Waals surface area contributed by atoms with E-state index in [1.807, 2.05) is 19.1 Å². The fourth-order valence-corrected chi connectivity index (χ4v) is 3.88. The summed E-state index contributed by atoms with van der Waals surface area (Å²) in [5.74, 6) is 0.199. The van der Waals surface area contributed by atoms with Crippen molar-refractivity contribution in [2.75, 3.05) is 19.6 Å². The molecular formula is C17H23ClN2O. The molecule has 3 unspecified atom stereocenters. The summed E-state index contributed by atoms with van der Waals surface area (Å²) in [4.78, 5) is 17.7. The molecule has 114 valence electrons. The van der Waals surface area contributed by atoms with Crippen LogP contribution in [0.1, 0.15) is 37.0 Å². The molecule has 3 nitrogen and oxygen atoms in total. The molecule has 0 spiro atoms. The summed E-state index contributed by atoms with van der Waals surface area (Å²) in [6.07, 6.45) is 2.57. The van der Waals surface area contributed by atoms with Gasteiger partial charge in [-0.25, -0.2) is 0 Å². The summed E-state index contributed by atoms with van der Waals surface area (Å²) in [5.41, 5.74) is 0.757. The van der Waals surface area contributed by atoms with E-state index in [2.05, 4.69) is 16.7 Å². The molecule has 2 saturated heterocycles. The summed E-state index contributed by atoms with van der Waals surface area (Å²) < 4.78 is 0. The highest BCUT2D eigenvalue weighted by molar-refractivity contribution is 6.30. The van der Waals surface area contributed by atoms with Gasteiger partial charge in [-0.05, 0) is 57.5 Å². The maximum Gasteiger partial charge on any atom is 0.179 e. The maximum atomic E-state index is 12.7. The zero-order chi connectivity index (χ0) is 15.0. The van der Waals surface area contributed by atoms with Crippen LogP contribution >= 0.6 is 11.6 Å². The average molecular weight is 307 g/mol. The molecule has 1 aromatic rings. The quantitative estimate of drug-likeness (QED) is 0.802. The number of fused-ring (bicyclic) bond motifs is 1. The number of halogens is 1. The largest absolute Gasteiger partial charge is 0.298 e. The molecule has 1 aromatic carbocycles. The third kappa shape index (κ3) is 3.01. The van der Waals surface area contributed by atoms with Crippen LogP contribution in [0.5, 0.6) is 0 Å². The predicted molar refractivity (Wildman–Crippen MR) is 86.0 cm³/mol. The molecule has 3 rings (SSSR count). The van der Waals surface area contributed by atoms with Crippen molar-refractivity contribution in [1.82, 2.24) is 9.80 Å². The van der Waals surface area contributed by atoms with Crippen LogP contribution in [0.4, 0.5) is 0 Å². The number of benzene rings is 1. The van der Waals surface area contributed by atoms with E-state index < -0.39 is 0 Å². The van der Waals surface area contributed by atoms with E-state index in [9.17, 15) is 4.79 Å². The number of carbonyl (C=O) groups is 1. The fraction of sp³-hybridized carbons (Fsp3) is 0.588. The highest BCUT2D eigenvalue weighted by Gasteiger charge is 2.37. The number of hydrogen-bond acceptors (Lipinski definition) is 3. The highest BCUT2D eigenvalue weighted by atomic mass is 35.5. The Balaban J connectivity index is 1.73. The minimum atomic E-state index is -0.0658. The molecule has 0 amide bonds. The fourth-order valence-electron chi connectivity index (χ4n) is 3.76. The first kappa shape index (κ1) is 15.0. The molecule has 2 fully saturated rings. The SMILES string of the molecule is CC1CN2CCCC2CN1C(C)C(=O)c1ccc(Cl)cc1.